The van der Waals surface area contributed by atoms with Gasteiger partial charge in [-0.15, -0.1) is 0 Å². The number of aliphatic carboxylic acids is 1. The van der Waals surface area contributed by atoms with Crippen molar-refractivity contribution in [3.05, 3.63) is 32.7 Å². The lowest BCUT2D eigenvalue weighted by Crippen LogP contribution is -2.38. The first-order valence-corrected chi connectivity index (χ1v) is 5.13. The van der Waals surface area contributed by atoms with Gasteiger partial charge in [-0.05, 0) is 28.9 Å². The zero-order chi connectivity index (χ0) is 12.3. The molecule has 1 heterocycles. The quantitative estimate of drug-likeness (QED) is 0.747. The molecule has 0 aliphatic carbocycles. The molecule has 3 N–H and O–H groups in total. The molecule has 0 aromatic carbocycles. The van der Waals surface area contributed by atoms with Gasteiger partial charge in [0.25, 0.3) is 11.5 Å². The van der Waals surface area contributed by atoms with Crippen LogP contribution >= 0.6 is 15.9 Å². The molecule has 1 aromatic heterocycles. The van der Waals surface area contributed by atoms with E-state index in [0.717, 1.165) is 0 Å². The highest BCUT2D eigenvalue weighted by Crippen LogP contribution is 2.05. The number of H-pyrrole nitrogens is 1. The van der Waals surface area contributed by atoms with E-state index in [0.29, 0.717) is 0 Å². The summed E-state index contributed by atoms with van der Waals surface area (Å²) in [5.41, 5.74) is -0.178. The van der Waals surface area contributed by atoms with Gasteiger partial charge in [-0.3, -0.25) is 14.4 Å². The summed E-state index contributed by atoms with van der Waals surface area (Å²) >= 11 is 2.97. The fourth-order valence-corrected chi connectivity index (χ4v) is 1.29. The van der Waals surface area contributed by atoms with Crippen molar-refractivity contribution in [2.45, 2.75) is 13.0 Å². The summed E-state index contributed by atoms with van der Waals surface area (Å²) in [5.74, 6) is -1.69. The fraction of sp³-hybridized carbons (Fsp3) is 0.222. The van der Waals surface area contributed by atoms with E-state index in [4.69, 9.17) is 5.11 Å². The van der Waals surface area contributed by atoms with Crippen LogP contribution in [0.25, 0.3) is 0 Å². The molecule has 0 radical (unpaired) electrons. The number of carbonyl (C=O) groups is 2. The number of aromatic amines is 1. The molecule has 1 rings (SSSR count). The first-order valence-electron chi connectivity index (χ1n) is 4.33. The van der Waals surface area contributed by atoms with Crippen LogP contribution in [0.4, 0.5) is 0 Å². The minimum atomic E-state index is -1.13. The molecule has 1 aromatic rings. The van der Waals surface area contributed by atoms with E-state index < -0.39 is 17.9 Å². The molecule has 0 saturated carbocycles. The van der Waals surface area contributed by atoms with Crippen molar-refractivity contribution in [3.63, 3.8) is 0 Å². The molecule has 6 nitrogen and oxygen atoms in total. The van der Waals surface area contributed by atoms with Crippen LogP contribution in [0.5, 0.6) is 0 Å². The number of carboxylic acid groups (broad SMARTS) is 1. The second kappa shape index (κ2) is 4.93. The van der Waals surface area contributed by atoms with Crippen LogP contribution in [0, 0.1) is 0 Å². The first kappa shape index (κ1) is 12.4. The van der Waals surface area contributed by atoms with Gasteiger partial charge in [0.1, 0.15) is 6.04 Å². The Kier molecular flexibility index (Phi) is 3.83. The molecule has 7 heteroatoms. The van der Waals surface area contributed by atoms with Crippen LogP contribution in [0.15, 0.2) is 21.5 Å². The highest BCUT2D eigenvalue weighted by molar-refractivity contribution is 9.10. The molecule has 0 saturated heterocycles. The second-order valence-corrected chi connectivity index (χ2v) is 3.95. The topological polar surface area (TPSA) is 99.3 Å². The van der Waals surface area contributed by atoms with Gasteiger partial charge < -0.3 is 15.4 Å². The summed E-state index contributed by atoms with van der Waals surface area (Å²) in [7, 11) is 0. The number of amides is 1. The zero-order valence-electron chi connectivity index (χ0n) is 8.28. The number of hydrogen-bond acceptors (Lipinski definition) is 3. The monoisotopic (exact) mass is 288 g/mol. The second-order valence-electron chi connectivity index (χ2n) is 3.10. The number of rotatable bonds is 3. The Morgan fingerprint density at radius 3 is 2.69 bits per heavy atom. The van der Waals surface area contributed by atoms with Crippen molar-refractivity contribution in [2.75, 3.05) is 0 Å². The van der Waals surface area contributed by atoms with Crippen molar-refractivity contribution >= 4 is 27.8 Å². The lowest BCUT2D eigenvalue weighted by atomic mass is 10.2. The maximum absolute atomic E-state index is 11.5. The minimum absolute atomic E-state index is 0.180. The highest BCUT2D eigenvalue weighted by Gasteiger charge is 2.15. The Balaban J connectivity index is 2.85. The Hall–Kier alpha value is -1.63. The molecule has 1 amide bonds. The predicted molar refractivity (Wildman–Crippen MR) is 59.3 cm³/mol. The summed E-state index contributed by atoms with van der Waals surface area (Å²) in [4.78, 5) is 35.3. The van der Waals surface area contributed by atoms with Gasteiger partial charge in [0.2, 0.25) is 0 Å². The Morgan fingerprint density at radius 1 is 1.56 bits per heavy atom. The molecule has 0 aliphatic heterocycles. The van der Waals surface area contributed by atoms with E-state index in [2.05, 4.69) is 26.2 Å². The fourth-order valence-electron chi connectivity index (χ4n) is 0.929. The average Bonchev–Trinajstić information content (AvgIpc) is 2.21. The van der Waals surface area contributed by atoms with Crippen molar-refractivity contribution in [1.82, 2.24) is 10.3 Å². The maximum Gasteiger partial charge on any atom is 0.325 e. The third kappa shape index (κ3) is 2.93. The van der Waals surface area contributed by atoms with Crippen LogP contribution in [0.3, 0.4) is 0 Å². The Labute approximate surface area is 98.8 Å². The van der Waals surface area contributed by atoms with Gasteiger partial charge in [0.05, 0.1) is 10.0 Å². The van der Waals surface area contributed by atoms with Crippen LogP contribution in [-0.2, 0) is 4.79 Å². The van der Waals surface area contributed by atoms with Crippen molar-refractivity contribution in [3.8, 4) is 0 Å². The average molecular weight is 289 g/mol. The summed E-state index contributed by atoms with van der Waals surface area (Å²) < 4.78 is 0.211. The number of pyridine rings is 1. The SMILES string of the molecule is C[C@H](NC(=O)c1c[nH]c(=O)c(Br)c1)C(=O)O. The van der Waals surface area contributed by atoms with E-state index in [1.807, 2.05) is 0 Å². The minimum Gasteiger partial charge on any atom is -0.480 e. The summed E-state index contributed by atoms with van der Waals surface area (Å²) in [5, 5.41) is 10.9. The molecule has 0 unspecified atom stereocenters. The van der Waals surface area contributed by atoms with Gasteiger partial charge in [0.15, 0.2) is 0 Å². The summed E-state index contributed by atoms with van der Waals surface area (Å²) in [6.07, 6.45) is 1.22. The Morgan fingerprint density at radius 2 is 2.19 bits per heavy atom. The van der Waals surface area contributed by atoms with E-state index in [1.54, 1.807) is 0 Å². The largest absolute Gasteiger partial charge is 0.480 e. The molecular formula is C9H9BrN2O4. The highest BCUT2D eigenvalue weighted by atomic mass is 79.9. The van der Waals surface area contributed by atoms with E-state index in [1.165, 1.54) is 19.2 Å². The van der Waals surface area contributed by atoms with Gasteiger partial charge >= 0.3 is 5.97 Å². The van der Waals surface area contributed by atoms with Gasteiger partial charge in [0, 0.05) is 6.20 Å². The van der Waals surface area contributed by atoms with Crippen molar-refractivity contribution in [2.24, 2.45) is 0 Å². The molecular weight excluding hydrogens is 280 g/mol. The lowest BCUT2D eigenvalue weighted by molar-refractivity contribution is -0.138. The van der Waals surface area contributed by atoms with Gasteiger partial charge in [-0.1, -0.05) is 0 Å². The van der Waals surface area contributed by atoms with Crippen molar-refractivity contribution in [1.29, 1.82) is 0 Å². The number of halogens is 1. The number of aromatic nitrogens is 1. The number of nitrogens with one attached hydrogen (secondary N) is 2. The molecule has 0 aliphatic rings. The third-order valence-corrected chi connectivity index (χ3v) is 2.43. The van der Waals surface area contributed by atoms with E-state index in [9.17, 15) is 14.4 Å². The molecule has 0 spiro atoms. The molecule has 1 atom stereocenters. The molecule has 0 bridgehead atoms. The van der Waals surface area contributed by atoms with Crippen molar-refractivity contribution < 1.29 is 14.7 Å². The normalized spacial score (nSPS) is 11.9. The van der Waals surface area contributed by atoms with Gasteiger partial charge in [-0.2, -0.15) is 0 Å². The predicted octanol–water partition coefficient (Wildman–Crippen LogP) is 0.340. The molecule has 0 fully saturated rings. The number of carbonyl (C=O) groups excluding carboxylic acids is 1. The van der Waals surface area contributed by atoms with E-state index in [-0.39, 0.29) is 15.6 Å². The van der Waals surface area contributed by atoms with Gasteiger partial charge in [-0.25, -0.2) is 0 Å². The summed E-state index contributed by atoms with van der Waals surface area (Å²) in [6, 6.07) is 0.334. The maximum atomic E-state index is 11.5. The van der Waals surface area contributed by atoms with Crippen LogP contribution in [0.1, 0.15) is 17.3 Å². The van der Waals surface area contributed by atoms with E-state index >= 15 is 0 Å². The van der Waals surface area contributed by atoms with Crippen LogP contribution < -0.4 is 10.9 Å². The first-order chi connectivity index (χ1) is 7.41. The smallest absolute Gasteiger partial charge is 0.325 e. The zero-order valence-corrected chi connectivity index (χ0v) is 9.87. The lowest BCUT2D eigenvalue weighted by Gasteiger charge is -2.08. The molecule has 16 heavy (non-hydrogen) atoms. The Bertz CT molecular complexity index is 483. The van der Waals surface area contributed by atoms with Crippen LogP contribution in [-0.4, -0.2) is 28.0 Å². The van der Waals surface area contributed by atoms with Crippen LogP contribution in [0.2, 0.25) is 0 Å². The number of carboxylic acids is 1. The number of hydrogen-bond donors (Lipinski definition) is 3. The third-order valence-electron chi connectivity index (χ3n) is 1.84. The summed E-state index contributed by atoms with van der Waals surface area (Å²) in [6.45, 7) is 1.35. The molecule has 86 valence electrons. The standard InChI is InChI=1S/C9H9BrN2O4/c1-4(9(15)16)12-7(13)5-2-6(10)8(14)11-3-5/h2-4H,1H3,(H,11,14)(H,12,13)(H,15,16)/t4-/m0/s1.